The van der Waals surface area contributed by atoms with Crippen molar-refractivity contribution in [2.24, 2.45) is 0 Å². The van der Waals surface area contributed by atoms with Crippen molar-refractivity contribution >= 4 is 18.3 Å². The monoisotopic (exact) mass is 369 g/mol. The Labute approximate surface area is 159 Å². The van der Waals surface area contributed by atoms with E-state index in [0.29, 0.717) is 22.8 Å². The molecular formula is C21H26BF2N3. The first-order chi connectivity index (χ1) is 12.6. The van der Waals surface area contributed by atoms with Crippen LogP contribution >= 0.6 is 0 Å². The summed E-state index contributed by atoms with van der Waals surface area (Å²) in [7, 11) is 0. The first kappa shape index (κ1) is 18.0. The number of hydrogen-bond acceptors (Lipinski definition) is 0. The topological polar surface area (TPSA) is 23.7 Å². The molecule has 2 aromatic heterocycles. The van der Waals surface area contributed by atoms with Crippen LogP contribution in [-0.2, 0) is 6.42 Å². The lowest BCUT2D eigenvalue weighted by Crippen LogP contribution is -2.51. The Hall–Kier alpha value is -2.37. The van der Waals surface area contributed by atoms with Gasteiger partial charge in [0, 0.05) is 41.2 Å². The van der Waals surface area contributed by atoms with Gasteiger partial charge in [-0.2, -0.15) is 0 Å². The van der Waals surface area contributed by atoms with Crippen LogP contribution in [0, 0.1) is 27.7 Å². The summed E-state index contributed by atoms with van der Waals surface area (Å²) in [5.74, 6) is 0. The number of fused-ring (bicyclic) bond motifs is 2. The van der Waals surface area contributed by atoms with Crippen molar-refractivity contribution in [1.29, 1.82) is 0 Å². The van der Waals surface area contributed by atoms with Gasteiger partial charge in [0.1, 0.15) is 5.71 Å². The molecule has 4 rings (SSSR count). The normalized spacial score (nSPS) is 18.1. The molecule has 2 aliphatic heterocycles. The van der Waals surface area contributed by atoms with Crippen LogP contribution < -0.4 is 0 Å². The standard InChI is InChI=1S/C21H26BF2N3/c1-12-9-15(4)25-19(12)8-7-18-20-13(2)10-16(5)26(20)22(23,24)27-17(6)11-14(3)21(18)27/h9-11,25H,7-8H2,1-6H3. The van der Waals surface area contributed by atoms with Crippen molar-refractivity contribution < 1.29 is 13.1 Å². The number of aromatic nitrogens is 2. The molecule has 0 amide bonds. The third kappa shape index (κ3) is 2.49. The second-order valence-electron chi connectivity index (χ2n) is 8.06. The Morgan fingerprint density at radius 2 is 1.70 bits per heavy atom. The molecule has 0 aromatic carbocycles. The van der Waals surface area contributed by atoms with Crippen molar-refractivity contribution in [2.75, 3.05) is 0 Å². The highest BCUT2D eigenvalue weighted by Gasteiger charge is 2.54. The summed E-state index contributed by atoms with van der Waals surface area (Å²) in [5.41, 5.74) is 9.05. The van der Waals surface area contributed by atoms with E-state index in [1.807, 2.05) is 32.9 Å². The van der Waals surface area contributed by atoms with Gasteiger partial charge in [-0.15, -0.1) is 0 Å². The maximum absolute atomic E-state index is 15.5. The van der Waals surface area contributed by atoms with Gasteiger partial charge in [-0.05, 0) is 76.4 Å². The first-order valence-electron chi connectivity index (χ1n) is 9.54. The summed E-state index contributed by atoms with van der Waals surface area (Å²) in [6, 6.07) is 4.01. The van der Waals surface area contributed by atoms with Crippen LogP contribution in [0.5, 0.6) is 0 Å². The Balaban J connectivity index is 1.90. The van der Waals surface area contributed by atoms with Crippen LogP contribution in [0.3, 0.4) is 0 Å². The summed E-state index contributed by atoms with van der Waals surface area (Å²) >= 11 is 0. The van der Waals surface area contributed by atoms with E-state index in [1.54, 1.807) is 13.8 Å². The summed E-state index contributed by atoms with van der Waals surface area (Å²) in [6.45, 7) is 7.70. The van der Waals surface area contributed by atoms with Gasteiger partial charge in [0.15, 0.2) is 5.70 Å². The minimum absolute atomic E-state index is 0.619. The van der Waals surface area contributed by atoms with E-state index < -0.39 is 6.97 Å². The van der Waals surface area contributed by atoms with Gasteiger partial charge in [0.05, 0.1) is 0 Å². The Bertz CT molecular complexity index is 1060. The van der Waals surface area contributed by atoms with E-state index in [2.05, 4.69) is 18.0 Å². The van der Waals surface area contributed by atoms with Crippen LogP contribution in [0.2, 0.25) is 0 Å². The average Bonchev–Trinajstić information content (AvgIpc) is 3.14. The Morgan fingerprint density at radius 3 is 2.33 bits per heavy atom. The molecule has 4 heterocycles. The molecule has 0 atom stereocenters. The zero-order valence-corrected chi connectivity index (χ0v) is 16.9. The quantitative estimate of drug-likeness (QED) is 0.731. The molecular weight excluding hydrogens is 343 g/mol. The highest BCUT2D eigenvalue weighted by Crippen LogP contribution is 2.43. The molecule has 0 radical (unpaired) electrons. The fourth-order valence-electron chi connectivity index (χ4n) is 4.96. The number of halogens is 2. The Kier molecular flexibility index (Phi) is 3.88. The third-order valence-electron chi connectivity index (χ3n) is 5.91. The smallest absolute Gasteiger partial charge is 0.394 e. The lowest BCUT2D eigenvalue weighted by atomic mass is 9.84. The van der Waals surface area contributed by atoms with Gasteiger partial charge in [-0.1, -0.05) is 0 Å². The van der Waals surface area contributed by atoms with Gasteiger partial charge < -0.3 is 22.6 Å². The second-order valence-corrected chi connectivity index (χ2v) is 8.06. The molecule has 142 valence electrons. The molecule has 0 unspecified atom stereocenters. The summed E-state index contributed by atoms with van der Waals surface area (Å²) in [5, 5.41) is 0. The number of aromatic amines is 1. The molecule has 2 aliphatic rings. The molecule has 0 bridgehead atoms. The number of allylic oxidation sites excluding steroid dienone is 3. The maximum Gasteiger partial charge on any atom is 0.737 e. The van der Waals surface area contributed by atoms with Crippen molar-refractivity contribution in [2.45, 2.75) is 54.4 Å². The van der Waals surface area contributed by atoms with Crippen molar-refractivity contribution in [3.8, 4) is 0 Å². The molecule has 2 aromatic rings. The minimum Gasteiger partial charge on any atom is -0.394 e. The van der Waals surface area contributed by atoms with Gasteiger partial charge in [0.2, 0.25) is 0 Å². The predicted octanol–water partition coefficient (Wildman–Crippen LogP) is 5.06. The van der Waals surface area contributed by atoms with Gasteiger partial charge in [-0.3, -0.25) is 0 Å². The molecule has 27 heavy (non-hydrogen) atoms. The second kappa shape index (κ2) is 5.81. The lowest BCUT2D eigenvalue weighted by molar-refractivity contribution is -0.363. The van der Waals surface area contributed by atoms with Crippen molar-refractivity contribution in [3.63, 3.8) is 0 Å². The average molecular weight is 369 g/mol. The van der Waals surface area contributed by atoms with E-state index >= 15 is 8.63 Å². The van der Waals surface area contributed by atoms with Crippen molar-refractivity contribution in [3.05, 3.63) is 63.4 Å². The first-order valence-corrected chi connectivity index (χ1v) is 9.54. The predicted molar refractivity (Wildman–Crippen MR) is 107 cm³/mol. The number of nitrogens with one attached hydrogen (secondary N) is 1. The van der Waals surface area contributed by atoms with Crippen LogP contribution in [0.1, 0.15) is 54.2 Å². The van der Waals surface area contributed by atoms with Gasteiger partial charge >= 0.3 is 6.97 Å². The third-order valence-corrected chi connectivity index (χ3v) is 5.91. The van der Waals surface area contributed by atoms with Crippen LogP contribution in [0.4, 0.5) is 8.63 Å². The Morgan fingerprint density at radius 1 is 1.00 bits per heavy atom. The zero-order chi connectivity index (χ0) is 19.7. The number of aryl methyl sites for hydroxylation is 5. The largest absolute Gasteiger partial charge is 0.737 e. The molecule has 3 nitrogen and oxygen atoms in total. The number of hydrogen-bond donors (Lipinski definition) is 1. The summed E-state index contributed by atoms with van der Waals surface area (Å²) in [4.78, 5) is 3.42. The van der Waals surface area contributed by atoms with Crippen LogP contribution in [0.25, 0.3) is 5.57 Å². The van der Waals surface area contributed by atoms with Crippen LogP contribution in [-0.4, -0.2) is 26.6 Å². The molecule has 0 aliphatic carbocycles. The maximum atomic E-state index is 15.5. The molecule has 1 N–H and O–H groups in total. The minimum atomic E-state index is -3.88. The van der Waals surface area contributed by atoms with E-state index in [0.717, 1.165) is 35.2 Å². The van der Waals surface area contributed by atoms with E-state index in [9.17, 15) is 0 Å². The molecule has 0 fully saturated rings. The fraction of sp³-hybridized carbons (Fsp3) is 0.381. The highest BCUT2D eigenvalue weighted by atomic mass is 19.2. The van der Waals surface area contributed by atoms with E-state index in [4.69, 9.17) is 0 Å². The number of nitrogens with zero attached hydrogens (tertiary/aromatic N) is 2. The van der Waals surface area contributed by atoms with E-state index in [-0.39, 0.29) is 0 Å². The van der Waals surface area contributed by atoms with Crippen molar-refractivity contribution in [1.82, 2.24) is 9.46 Å². The van der Waals surface area contributed by atoms with Gasteiger partial charge in [-0.25, -0.2) is 0 Å². The van der Waals surface area contributed by atoms with Gasteiger partial charge in [0.25, 0.3) is 0 Å². The zero-order valence-electron chi connectivity index (χ0n) is 16.9. The number of H-pyrrole nitrogens is 1. The fourth-order valence-corrected chi connectivity index (χ4v) is 4.96. The molecule has 0 spiro atoms. The summed E-state index contributed by atoms with van der Waals surface area (Å²) in [6.07, 6.45) is 3.41. The van der Waals surface area contributed by atoms with E-state index in [1.165, 1.54) is 20.2 Å². The lowest BCUT2D eigenvalue weighted by Gasteiger charge is -2.34. The number of rotatable bonds is 3. The molecule has 0 saturated heterocycles. The highest BCUT2D eigenvalue weighted by molar-refractivity contribution is 6.58. The molecule has 6 heteroatoms. The summed E-state index contributed by atoms with van der Waals surface area (Å²) < 4.78 is 33.6. The SMILES string of the molecule is CC1=CC(C)=[N+]2C1=C(CCc1[nH]c(C)cc1C)c1c(C)cc(C)n1[B-]2(F)F. The van der Waals surface area contributed by atoms with Crippen LogP contribution in [0.15, 0.2) is 29.5 Å². The molecule has 0 saturated carbocycles.